The lowest BCUT2D eigenvalue weighted by Gasteiger charge is -2.16. The van der Waals surface area contributed by atoms with Crippen molar-refractivity contribution in [3.63, 3.8) is 0 Å². The van der Waals surface area contributed by atoms with Gasteiger partial charge in [0, 0.05) is 16.8 Å². The number of hydrazone groups is 1. The average molecular weight is 308 g/mol. The molecule has 6 nitrogen and oxygen atoms in total. The van der Waals surface area contributed by atoms with E-state index in [1.165, 1.54) is 6.21 Å². The number of ether oxygens (including phenoxy) is 1. The summed E-state index contributed by atoms with van der Waals surface area (Å²) in [6.45, 7) is 4.50. The van der Waals surface area contributed by atoms with Gasteiger partial charge < -0.3 is 15.7 Å². The third-order valence-electron chi connectivity index (χ3n) is 3.33. The van der Waals surface area contributed by atoms with Crippen LogP contribution in [0.5, 0.6) is 5.75 Å². The summed E-state index contributed by atoms with van der Waals surface area (Å²) in [6, 6.07) is 1.83. The summed E-state index contributed by atoms with van der Waals surface area (Å²) in [4.78, 5) is 0. The summed E-state index contributed by atoms with van der Waals surface area (Å²) in [7, 11) is 0. The number of anilines is 1. The van der Waals surface area contributed by atoms with Crippen LogP contribution in [-0.4, -0.2) is 28.9 Å². The molecule has 0 fully saturated rings. The molecule has 1 atom stereocenters. The standard InChI is InChI=1S/C14H20N4O2S/c1-9-6-12(15)11(7-17-19)10(2)14(9)20-5-3-4-13-18-16-8-21-13/h6-8,13,18-19H,3-5,15H2,1-2H3. The van der Waals surface area contributed by atoms with Crippen LogP contribution >= 0.6 is 11.8 Å². The molecule has 114 valence electrons. The highest BCUT2D eigenvalue weighted by atomic mass is 32.2. The van der Waals surface area contributed by atoms with Crippen LogP contribution in [-0.2, 0) is 0 Å². The minimum Gasteiger partial charge on any atom is -0.493 e. The Morgan fingerprint density at radius 1 is 1.57 bits per heavy atom. The van der Waals surface area contributed by atoms with Gasteiger partial charge in [0.2, 0.25) is 0 Å². The number of aryl methyl sites for hydroxylation is 1. The van der Waals surface area contributed by atoms with E-state index in [0.717, 1.165) is 29.7 Å². The minimum atomic E-state index is 0.347. The molecule has 2 rings (SSSR count). The second-order valence-electron chi connectivity index (χ2n) is 4.87. The largest absolute Gasteiger partial charge is 0.493 e. The maximum Gasteiger partial charge on any atom is 0.125 e. The van der Waals surface area contributed by atoms with Gasteiger partial charge in [0.1, 0.15) is 5.75 Å². The van der Waals surface area contributed by atoms with Gasteiger partial charge in [-0.25, -0.2) is 0 Å². The predicted molar refractivity (Wildman–Crippen MR) is 87.4 cm³/mol. The van der Waals surface area contributed by atoms with E-state index in [1.807, 2.05) is 25.5 Å². The lowest BCUT2D eigenvalue weighted by atomic mass is 10.0. The second-order valence-corrected chi connectivity index (χ2v) is 5.93. The molecule has 0 radical (unpaired) electrons. The quantitative estimate of drug-likeness (QED) is 0.247. The zero-order chi connectivity index (χ0) is 15.2. The van der Waals surface area contributed by atoms with Crippen LogP contribution < -0.4 is 15.9 Å². The molecule has 1 aliphatic rings. The van der Waals surface area contributed by atoms with Crippen LogP contribution in [0.25, 0.3) is 0 Å². The molecule has 1 aromatic rings. The maximum absolute atomic E-state index is 8.72. The maximum atomic E-state index is 8.72. The van der Waals surface area contributed by atoms with Gasteiger partial charge in [-0.2, -0.15) is 5.10 Å². The Labute approximate surface area is 128 Å². The number of hydrogen-bond acceptors (Lipinski definition) is 7. The van der Waals surface area contributed by atoms with Gasteiger partial charge in [-0.3, -0.25) is 5.43 Å². The van der Waals surface area contributed by atoms with Crippen LogP contribution in [0.1, 0.15) is 29.5 Å². The number of nitrogens with two attached hydrogens (primary N) is 1. The van der Waals surface area contributed by atoms with Crippen molar-refractivity contribution >= 4 is 29.2 Å². The van der Waals surface area contributed by atoms with E-state index in [1.54, 1.807) is 11.8 Å². The van der Waals surface area contributed by atoms with Crippen LogP contribution in [0.4, 0.5) is 5.69 Å². The summed E-state index contributed by atoms with van der Waals surface area (Å²) >= 11 is 1.69. The Kier molecular flexibility index (Phi) is 5.32. The molecule has 0 spiro atoms. The SMILES string of the molecule is Cc1cc(N)c(C=NO)c(C)c1OCCCC1NN=CS1. The minimum absolute atomic E-state index is 0.347. The highest BCUT2D eigenvalue weighted by Gasteiger charge is 2.13. The second kappa shape index (κ2) is 7.21. The Morgan fingerprint density at radius 3 is 3.05 bits per heavy atom. The van der Waals surface area contributed by atoms with E-state index in [4.69, 9.17) is 15.7 Å². The fourth-order valence-electron chi connectivity index (χ4n) is 2.29. The van der Waals surface area contributed by atoms with Crippen molar-refractivity contribution in [1.29, 1.82) is 0 Å². The van der Waals surface area contributed by atoms with Gasteiger partial charge in [-0.15, -0.1) is 0 Å². The Morgan fingerprint density at radius 2 is 2.38 bits per heavy atom. The van der Waals surface area contributed by atoms with Gasteiger partial charge in [-0.05, 0) is 38.3 Å². The average Bonchev–Trinajstić information content (AvgIpc) is 2.95. The summed E-state index contributed by atoms with van der Waals surface area (Å²) in [5, 5.41) is 16.1. The number of oxime groups is 1. The lowest BCUT2D eigenvalue weighted by molar-refractivity contribution is 0.300. The fourth-order valence-corrected chi connectivity index (χ4v) is 2.98. The fraction of sp³-hybridized carbons (Fsp3) is 0.429. The van der Waals surface area contributed by atoms with Gasteiger partial charge in [-0.1, -0.05) is 16.9 Å². The molecule has 21 heavy (non-hydrogen) atoms. The van der Waals surface area contributed by atoms with Gasteiger partial charge >= 0.3 is 0 Å². The summed E-state index contributed by atoms with van der Waals surface area (Å²) in [5.74, 6) is 0.808. The highest BCUT2D eigenvalue weighted by molar-refractivity contribution is 8.12. The zero-order valence-corrected chi connectivity index (χ0v) is 13.0. The van der Waals surface area contributed by atoms with Crippen molar-refractivity contribution in [3.05, 3.63) is 22.8 Å². The highest BCUT2D eigenvalue weighted by Crippen LogP contribution is 2.30. The van der Waals surface area contributed by atoms with Crippen LogP contribution in [0, 0.1) is 13.8 Å². The lowest BCUT2D eigenvalue weighted by Crippen LogP contribution is -2.16. The third kappa shape index (κ3) is 3.81. The van der Waals surface area contributed by atoms with Crippen molar-refractivity contribution in [2.75, 3.05) is 12.3 Å². The molecular formula is C14H20N4O2S. The number of hydrogen-bond donors (Lipinski definition) is 3. The van der Waals surface area contributed by atoms with Gasteiger partial charge in [0.15, 0.2) is 0 Å². The topological polar surface area (TPSA) is 92.2 Å². The van der Waals surface area contributed by atoms with Crippen LogP contribution in [0.3, 0.4) is 0 Å². The summed E-state index contributed by atoms with van der Waals surface area (Å²) in [6.07, 6.45) is 3.26. The smallest absolute Gasteiger partial charge is 0.125 e. The third-order valence-corrected chi connectivity index (χ3v) is 4.22. The summed E-state index contributed by atoms with van der Waals surface area (Å²) < 4.78 is 5.89. The van der Waals surface area contributed by atoms with E-state index in [2.05, 4.69) is 15.7 Å². The zero-order valence-electron chi connectivity index (χ0n) is 12.2. The summed E-state index contributed by atoms with van der Waals surface area (Å²) in [5.41, 5.74) is 13.9. The van der Waals surface area contributed by atoms with Gasteiger partial charge in [0.25, 0.3) is 0 Å². The van der Waals surface area contributed by atoms with Crippen molar-refractivity contribution < 1.29 is 9.94 Å². The molecule has 0 bridgehead atoms. The number of nitrogens with zero attached hydrogens (tertiary/aromatic N) is 2. The van der Waals surface area contributed by atoms with Crippen molar-refractivity contribution in [3.8, 4) is 5.75 Å². The predicted octanol–water partition coefficient (Wildman–Crippen LogP) is 2.46. The van der Waals surface area contributed by atoms with Crippen molar-refractivity contribution in [1.82, 2.24) is 5.43 Å². The number of benzene rings is 1. The normalized spacial score (nSPS) is 17.3. The van der Waals surface area contributed by atoms with E-state index in [9.17, 15) is 0 Å². The molecule has 0 aromatic heterocycles. The first-order chi connectivity index (χ1) is 10.1. The number of nitrogens with one attached hydrogen (secondary N) is 1. The van der Waals surface area contributed by atoms with Gasteiger partial charge in [0.05, 0.1) is 23.7 Å². The Hall–Kier alpha value is -1.89. The molecule has 1 aliphatic heterocycles. The first-order valence-corrected chi connectivity index (χ1v) is 7.70. The van der Waals surface area contributed by atoms with E-state index in [-0.39, 0.29) is 0 Å². The molecule has 0 aliphatic carbocycles. The molecule has 4 N–H and O–H groups in total. The molecule has 0 saturated heterocycles. The van der Waals surface area contributed by atoms with Crippen molar-refractivity contribution in [2.24, 2.45) is 10.3 Å². The monoisotopic (exact) mass is 308 g/mol. The van der Waals surface area contributed by atoms with Crippen LogP contribution in [0.2, 0.25) is 0 Å². The van der Waals surface area contributed by atoms with E-state index >= 15 is 0 Å². The number of nitrogen functional groups attached to an aromatic ring is 1. The number of rotatable bonds is 6. The van der Waals surface area contributed by atoms with Crippen LogP contribution in [0.15, 0.2) is 16.3 Å². The van der Waals surface area contributed by atoms with Crippen molar-refractivity contribution in [2.45, 2.75) is 32.1 Å². The van der Waals surface area contributed by atoms with E-state index in [0.29, 0.717) is 23.2 Å². The molecule has 1 aromatic carbocycles. The Bertz CT molecular complexity index is 552. The number of thioether (sulfide) groups is 1. The Balaban J connectivity index is 1.97. The molecular weight excluding hydrogens is 288 g/mol. The first kappa shape index (κ1) is 15.5. The molecule has 0 amide bonds. The van der Waals surface area contributed by atoms with E-state index < -0.39 is 0 Å². The molecule has 0 saturated carbocycles. The molecule has 1 heterocycles. The first-order valence-electron chi connectivity index (χ1n) is 6.76. The molecule has 7 heteroatoms. The molecule has 1 unspecified atom stereocenters.